The second-order valence-electron chi connectivity index (χ2n) is 19.2. The van der Waals surface area contributed by atoms with Gasteiger partial charge in [0.05, 0.1) is 0 Å². The van der Waals surface area contributed by atoms with Crippen LogP contribution in [0.15, 0.2) is 36.4 Å². The van der Waals surface area contributed by atoms with Gasteiger partial charge in [-0.15, -0.1) is 24.8 Å². The quantitative estimate of drug-likeness (QED) is 0.226. The first-order valence-corrected chi connectivity index (χ1v) is 21.6. The maximum Gasteiger partial charge on any atom is 0.410 e. The highest BCUT2D eigenvalue weighted by atomic mass is 35.5. The first-order chi connectivity index (χ1) is 26.9. The van der Waals surface area contributed by atoms with Crippen LogP contribution in [0, 0.1) is 13.8 Å². The summed E-state index contributed by atoms with van der Waals surface area (Å²) in [6, 6.07) is 13.1. The second kappa shape index (κ2) is 21.8. The van der Waals surface area contributed by atoms with Crippen molar-refractivity contribution in [3.05, 3.63) is 69.8 Å². The van der Waals surface area contributed by atoms with Gasteiger partial charge in [0.2, 0.25) is 0 Å². The van der Waals surface area contributed by atoms with E-state index in [1.807, 2.05) is 46.4 Å². The lowest BCUT2D eigenvalue weighted by atomic mass is 9.84. The van der Waals surface area contributed by atoms with Gasteiger partial charge in [0.1, 0.15) is 11.2 Å². The normalized spacial score (nSPS) is 19.0. The predicted octanol–water partition coefficient (Wildman–Crippen LogP) is 9.21. The van der Waals surface area contributed by atoms with Crippen molar-refractivity contribution in [3.8, 4) is 0 Å². The van der Waals surface area contributed by atoms with Crippen molar-refractivity contribution >= 4 is 42.8 Å². The van der Waals surface area contributed by atoms with Crippen molar-refractivity contribution in [1.29, 1.82) is 0 Å². The molecule has 6 rings (SSSR count). The molecule has 0 unspecified atom stereocenters. The van der Waals surface area contributed by atoms with Gasteiger partial charge in [-0.1, -0.05) is 47.5 Å². The summed E-state index contributed by atoms with van der Waals surface area (Å²) < 4.78 is 11.1. The molecule has 2 aromatic carbocycles. The highest BCUT2D eigenvalue weighted by Gasteiger charge is 2.44. The number of likely N-dealkylation sites (tertiary alicyclic amines) is 3. The molecule has 4 fully saturated rings. The summed E-state index contributed by atoms with van der Waals surface area (Å²) in [5, 5.41) is 12.5. The minimum absolute atomic E-state index is 0. The van der Waals surface area contributed by atoms with E-state index in [1.165, 1.54) is 78.5 Å². The Morgan fingerprint density at radius 3 is 1.56 bits per heavy atom. The molecule has 0 atom stereocenters. The van der Waals surface area contributed by atoms with Crippen molar-refractivity contribution in [2.45, 2.75) is 168 Å². The lowest BCUT2D eigenvalue weighted by Gasteiger charge is -2.45. The molecular formula is C47H74Cl2N4O6. The summed E-state index contributed by atoms with van der Waals surface area (Å²) in [7, 11) is 0. The Kier molecular flexibility index (Phi) is 18.6. The van der Waals surface area contributed by atoms with Gasteiger partial charge in [-0.05, 0) is 168 Å². The molecule has 2 spiro atoms. The molecule has 0 radical (unpaired) electrons. The number of hydrogen-bond acceptors (Lipinski definition) is 8. The Hall–Kier alpha value is -2.89. The average molecular weight is 862 g/mol. The van der Waals surface area contributed by atoms with Gasteiger partial charge in [-0.25, -0.2) is 4.79 Å². The van der Waals surface area contributed by atoms with Gasteiger partial charge in [0.15, 0.2) is 0 Å². The number of aryl methyl sites for hydroxylation is 4. The first-order valence-electron chi connectivity index (χ1n) is 21.6. The van der Waals surface area contributed by atoms with Gasteiger partial charge in [-0.2, -0.15) is 0 Å². The second-order valence-corrected chi connectivity index (χ2v) is 19.2. The van der Waals surface area contributed by atoms with E-state index in [0.29, 0.717) is 24.8 Å². The van der Waals surface area contributed by atoms with Crippen LogP contribution in [0.1, 0.15) is 139 Å². The van der Waals surface area contributed by atoms with E-state index in [0.717, 1.165) is 58.7 Å². The van der Waals surface area contributed by atoms with Crippen LogP contribution < -0.4 is 5.32 Å². The van der Waals surface area contributed by atoms with Crippen molar-refractivity contribution < 1.29 is 29.0 Å². The highest BCUT2D eigenvalue weighted by molar-refractivity contribution is 5.85. The molecule has 4 aliphatic rings. The number of carboxylic acids is 1. The van der Waals surface area contributed by atoms with Gasteiger partial charge in [-0.3, -0.25) is 19.4 Å². The SMILES string of the molecule is Cc1ccc(CN2CCCC23CCN(C(=O)OC(C)(C)C)CC3)c(CCC(=O)OC(C)(C)C)c1.Cc1ccc(CN2CCCC23CCNCC3)c(CCC(=O)O)c1.Cl.Cl. The summed E-state index contributed by atoms with van der Waals surface area (Å²) in [5.74, 6) is -0.861. The Balaban J connectivity index is 0.000000326. The molecule has 1 amide bonds. The fourth-order valence-corrected chi connectivity index (χ4v) is 9.50. The number of nitrogens with one attached hydrogen (secondary N) is 1. The minimum atomic E-state index is -0.714. The van der Waals surface area contributed by atoms with Crippen LogP contribution in [0.3, 0.4) is 0 Å². The monoisotopic (exact) mass is 860 g/mol. The largest absolute Gasteiger partial charge is 0.481 e. The van der Waals surface area contributed by atoms with Crippen LogP contribution in [0.2, 0.25) is 0 Å². The van der Waals surface area contributed by atoms with Crippen molar-refractivity contribution in [2.75, 3.05) is 39.3 Å². The number of ether oxygens (including phenoxy) is 2. The topological polar surface area (TPSA) is 112 Å². The summed E-state index contributed by atoms with van der Waals surface area (Å²) >= 11 is 0. The molecule has 2 aromatic rings. The number of benzene rings is 2. The molecule has 4 heterocycles. The van der Waals surface area contributed by atoms with Crippen LogP contribution in [-0.4, -0.2) is 99.4 Å². The molecule has 0 aliphatic carbocycles. The lowest BCUT2D eigenvalue weighted by molar-refractivity contribution is -0.154. The number of carboxylic acid groups (broad SMARTS) is 1. The Bertz CT molecular complexity index is 1690. The van der Waals surface area contributed by atoms with Crippen LogP contribution in [-0.2, 0) is 45.0 Å². The number of esters is 1. The van der Waals surface area contributed by atoms with Crippen LogP contribution in [0.4, 0.5) is 4.79 Å². The number of hydrogen-bond donors (Lipinski definition) is 2. The zero-order valence-corrected chi connectivity index (χ0v) is 38.9. The Labute approximate surface area is 367 Å². The summed E-state index contributed by atoms with van der Waals surface area (Å²) in [6.07, 6.45) is 11.1. The molecule has 0 aromatic heterocycles. The number of carbonyl (C=O) groups is 3. The summed E-state index contributed by atoms with van der Waals surface area (Å²) in [5.41, 5.74) is 7.09. The third kappa shape index (κ3) is 14.6. The summed E-state index contributed by atoms with van der Waals surface area (Å²) in [6.45, 7) is 23.5. The maximum absolute atomic E-state index is 12.5. The standard InChI is InChI=1S/C28H44N2O4.C19H28N2O2.2ClH/c1-21-9-10-23(22(19-21)11-12-24(31)33-26(2,3)4)20-30-16-8-13-28(30)14-17-29(18-15-28)25(32)34-27(5,6)7;1-15-3-4-17(16(13-15)5-6-18(22)23)14-21-12-2-7-19(21)8-10-20-11-9-19;;/h9-10,19H,8,11-18,20H2,1-7H3;3-4,13,20H,2,5-12,14H2,1H3,(H,22,23);2*1H. The number of nitrogens with zero attached hydrogens (tertiary/aromatic N) is 3. The maximum atomic E-state index is 12.5. The molecule has 0 saturated carbocycles. The number of amides is 1. The van der Waals surface area contributed by atoms with E-state index < -0.39 is 17.2 Å². The molecule has 10 nitrogen and oxygen atoms in total. The number of piperidine rings is 2. The number of halogens is 2. The van der Waals surface area contributed by atoms with Gasteiger partial charge >= 0.3 is 18.0 Å². The average Bonchev–Trinajstić information content (AvgIpc) is 3.69. The molecule has 59 heavy (non-hydrogen) atoms. The molecular weight excluding hydrogens is 787 g/mol. The van der Waals surface area contributed by atoms with E-state index >= 15 is 0 Å². The minimum Gasteiger partial charge on any atom is -0.481 e. The predicted molar refractivity (Wildman–Crippen MR) is 241 cm³/mol. The highest BCUT2D eigenvalue weighted by Crippen LogP contribution is 2.41. The molecule has 2 N–H and O–H groups in total. The zero-order valence-electron chi connectivity index (χ0n) is 37.3. The Morgan fingerprint density at radius 2 is 1.10 bits per heavy atom. The lowest BCUT2D eigenvalue weighted by Crippen LogP contribution is -2.53. The van der Waals surface area contributed by atoms with Crippen LogP contribution in [0.25, 0.3) is 0 Å². The van der Waals surface area contributed by atoms with Crippen LogP contribution in [0.5, 0.6) is 0 Å². The molecule has 4 saturated heterocycles. The van der Waals surface area contributed by atoms with E-state index in [2.05, 4.69) is 65.4 Å². The number of rotatable bonds is 10. The number of aliphatic carboxylic acids is 1. The molecule has 0 bridgehead atoms. The smallest absolute Gasteiger partial charge is 0.410 e. The van der Waals surface area contributed by atoms with Gasteiger partial charge in [0.25, 0.3) is 0 Å². The van der Waals surface area contributed by atoms with Crippen molar-refractivity contribution in [1.82, 2.24) is 20.0 Å². The molecule has 12 heteroatoms. The fourth-order valence-electron chi connectivity index (χ4n) is 9.50. The molecule has 4 aliphatic heterocycles. The fraction of sp³-hybridized carbons (Fsp3) is 0.681. The van der Waals surface area contributed by atoms with E-state index in [-0.39, 0.29) is 48.8 Å². The van der Waals surface area contributed by atoms with E-state index in [4.69, 9.17) is 14.6 Å². The van der Waals surface area contributed by atoms with Crippen molar-refractivity contribution in [3.63, 3.8) is 0 Å². The zero-order chi connectivity index (χ0) is 41.4. The molecule has 332 valence electrons. The van der Waals surface area contributed by atoms with Crippen LogP contribution >= 0.6 is 24.8 Å². The third-order valence-corrected chi connectivity index (χ3v) is 12.4. The third-order valence-electron chi connectivity index (χ3n) is 12.4. The van der Waals surface area contributed by atoms with E-state index in [1.54, 1.807) is 0 Å². The van der Waals surface area contributed by atoms with Gasteiger partial charge in [0, 0.05) is 50.1 Å². The van der Waals surface area contributed by atoms with Gasteiger partial charge < -0.3 is 24.8 Å². The number of carbonyl (C=O) groups excluding carboxylic acids is 2. The van der Waals surface area contributed by atoms with Crippen molar-refractivity contribution in [2.24, 2.45) is 0 Å². The van der Waals surface area contributed by atoms with E-state index in [9.17, 15) is 14.4 Å². The Morgan fingerprint density at radius 1 is 0.644 bits per heavy atom. The summed E-state index contributed by atoms with van der Waals surface area (Å²) in [4.78, 5) is 42.9. The first kappa shape index (κ1) is 50.5.